The van der Waals surface area contributed by atoms with Crippen molar-refractivity contribution in [3.05, 3.63) is 185 Å². The molecule has 1 nitrogen and oxygen atoms in total. The Balaban J connectivity index is 0.899. The molecule has 12 rings (SSSR count). The zero-order valence-electron chi connectivity index (χ0n) is 41.0. The van der Waals surface area contributed by atoms with Gasteiger partial charge in [0.05, 0.1) is 0 Å². The van der Waals surface area contributed by atoms with Crippen molar-refractivity contribution in [2.24, 2.45) is 0 Å². The largest absolute Gasteiger partial charge is 0.310 e. The van der Waals surface area contributed by atoms with Gasteiger partial charge in [0.1, 0.15) is 0 Å². The van der Waals surface area contributed by atoms with Crippen molar-refractivity contribution in [1.29, 1.82) is 0 Å². The second-order valence-electron chi connectivity index (χ2n) is 22.2. The Morgan fingerprint density at radius 2 is 0.779 bits per heavy atom. The van der Waals surface area contributed by atoms with Crippen molar-refractivity contribution >= 4 is 17.1 Å². The van der Waals surface area contributed by atoms with Gasteiger partial charge in [0.15, 0.2) is 0 Å². The molecule has 3 saturated carbocycles. The van der Waals surface area contributed by atoms with Gasteiger partial charge in [0, 0.05) is 22.5 Å². The number of hydrogen-bond acceptors (Lipinski definition) is 1. The zero-order valence-corrected chi connectivity index (χ0v) is 41.0. The molecule has 1 heteroatoms. The quantitative estimate of drug-likeness (QED) is 0.140. The van der Waals surface area contributed by atoms with Crippen LogP contribution in [-0.2, 0) is 18.3 Å². The first-order valence-corrected chi connectivity index (χ1v) is 27.1. The highest BCUT2D eigenvalue weighted by molar-refractivity contribution is 5.87. The maximum Gasteiger partial charge on any atom is 0.0465 e. The van der Waals surface area contributed by atoms with Crippen LogP contribution in [0.15, 0.2) is 146 Å². The maximum absolute atomic E-state index is 2.66. The van der Waals surface area contributed by atoms with Crippen LogP contribution in [0.3, 0.4) is 0 Å². The Hall–Kier alpha value is -5.66. The van der Waals surface area contributed by atoms with Crippen LogP contribution < -0.4 is 4.90 Å². The molecule has 0 bridgehead atoms. The summed E-state index contributed by atoms with van der Waals surface area (Å²) in [6, 6.07) is 57.5. The summed E-state index contributed by atoms with van der Waals surface area (Å²) in [5.74, 6) is 2.17. The average molecular weight is 890 g/mol. The summed E-state index contributed by atoms with van der Waals surface area (Å²) in [5, 5.41) is 0. The van der Waals surface area contributed by atoms with Crippen LogP contribution in [-0.4, -0.2) is 0 Å². The van der Waals surface area contributed by atoms with Crippen molar-refractivity contribution in [1.82, 2.24) is 0 Å². The molecule has 0 radical (unpaired) electrons. The highest BCUT2D eigenvalue weighted by Gasteiger charge is 2.36. The summed E-state index contributed by atoms with van der Waals surface area (Å²) in [4.78, 5) is 2.49. The first-order valence-electron chi connectivity index (χ1n) is 27.1. The monoisotopic (exact) mass is 890 g/mol. The van der Waals surface area contributed by atoms with Crippen LogP contribution in [0.1, 0.15) is 180 Å². The van der Waals surface area contributed by atoms with Crippen molar-refractivity contribution in [3.63, 3.8) is 0 Å². The molecule has 0 aliphatic heterocycles. The first-order chi connectivity index (χ1) is 33.5. The van der Waals surface area contributed by atoms with E-state index in [2.05, 4.69) is 164 Å². The van der Waals surface area contributed by atoms with Gasteiger partial charge in [-0.05, 0) is 202 Å². The van der Waals surface area contributed by atoms with Gasteiger partial charge < -0.3 is 4.90 Å². The SMILES string of the molecule is CC1(C)c2ccccc2-c2ccc(N(c3ccc(-c4ccc(C5CCCCC5)cc4)cc3)c3ccc(-c4ccc(-c5cc(C6CCCCC6)cc(C6CCCCC6)c5)c5c4CCCC5)cc3)cc21. The Kier molecular flexibility index (Phi) is 12.0. The number of hydrogen-bond donors (Lipinski definition) is 0. The molecule has 0 N–H and O–H groups in total. The molecular weight excluding hydrogens is 819 g/mol. The van der Waals surface area contributed by atoms with Crippen LogP contribution in [0, 0.1) is 0 Å². The zero-order chi connectivity index (χ0) is 45.6. The third kappa shape index (κ3) is 8.26. The third-order valence-corrected chi connectivity index (χ3v) is 17.7. The second-order valence-corrected chi connectivity index (χ2v) is 22.2. The van der Waals surface area contributed by atoms with E-state index in [9.17, 15) is 0 Å². The molecule has 0 unspecified atom stereocenters. The van der Waals surface area contributed by atoms with Gasteiger partial charge in [-0.25, -0.2) is 0 Å². The molecule has 5 aliphatic carbocycles. The van der Waals surface area contributed by atoms with E-state index in [-0.39, 0.29) is 5.41 Å². The van der Waals surface area contributed by atoms with E-state index in [0.29, 0.717) is 0 Å². The number of rotatable bonds is 9. The van der Waals surface area contributed by atoms with Gasteiger partial charge in [0.2, 0.25) is 0 Å². The van der Waals surface area contributed by atoms with Crippen LogP contribution in [0.25, 0.3) is 44.5 Å². The van der Waals surface area contributed by atoms with Crippen LogP contribution in [0.4, 0.5) is 17.1 Å². The highest BCUT2D eigenvalue weighted by atomic mass is 15.1. The molecule has 344 valence electrons. The minimum absolute atomic E-state index is 0.0784. The summed E-state index contributed by atoms with van der Waals surface area (Å²) in [6.45, 7) is 4.79. The van der Waals surface area contributed by atoms with Crippen molar-refractivity contribution < 1.29 is 0 Å². The lowest BCUT2D eigenvalue weighted by Gasteiger charge is -2.29. The summed E-state index contributed by atoms with van der Waals surface area (Å²) < 4.78 is 0. The number of nitrogens with zero attached hydrogens (tertiary/aromatic N) is 1. The van der Waals surface area contributed by atoms with E-state index >= 15 is 0 Å². The fourth-order valence-electron chi connectivity index (χ4n) is 13.8. The summed E-state index contributed by atoms with van der Waals surface area (Å²) in [7, 11) is 0. The first kappa shape index (κ1) is 43.6. The molecular formula is C67H71N. The Morgan fingerprint density at radius 1 is 0.338 bits per heavy atom. The molecule has 68 heavy (non-hydrogen) atoms. The van der Waals surface area contributed by atoms with E-state index in [4.69, 9.17) is 0 Å². The predicted molar refractivity (Wildman–Crippen MR) is 289 cm³/mol. The predicted octanol–water partition coefficient (Wildman–Crippen LogP) is 19.5. The Labute approximate surface area is 408 Å². The fourth-order valence-corrected chi connectivity index (χ4v) is 13.8. The molecule has 7 aromatic carbocycles. The molecule has 7 aromatic rings. The van der Waals surface area contributed by atoms with Gasteiger partial charge in [-0.3, -0.25) is 0 Å². The van der Waals surface area contributed by atoms with E-state index in [1.165, 1.54) is 194 Å². The van der Waals surface area contributed by atoms with Gasteiger partial charge in [-0.1, -0.05) is 181 Å². The lowest BCUT2D eigenvalue weighted by Crippen LogP contribution is -2.16. The van der Waals surface area contributed by atoms with Gasteiger partial charge >= 0.3 is 0 Å². The van der Waals surface area contributed by atoms with Crippen LogP contribution >= 0.6 is 0 Å². The van der Waals surface area contributed by atoms with E-state index in [1.807, 2.05) is 0 Å². The van der Waals surface area contributed by atoms with Crippen LogP contribution in [0.2, 0.25) is 0 Å². The molecule has 5 aliphatic rings. The second kappa shape index (κ2) is 18.7. The fraction of sp³-hybridized carbons (Fsp3) is 0.373. The molecule has 0 heterocycles. The number of anilines is 3. The topological polar surface area (TPSA) is 3.24 Å². The number of fused-ring (bicyclic) bond motifs is 4. The molecule has 0 spiro atoms. The van der Waals surface area contributed by atoms with Crippen molar-refractivity contribution in [2.45, 2.75) is 159 Å². The third-order valence-electron chi connectivity index (χ3n) is 17.7. The minimum Gasteiger partial charge on any atom is -0.310 e. The molecule has 0 amide bonds. The average Bonchev–Trinajstić information content (AvgIpc) is 3.64. The van der Waals surface area contributed by atoms with Gasteiger partial charge in [-0.2, -0.15) is 0 Å². The molecule has 0 aromatic heterocycles. The Morgan fingerprint density at radius 3 is 1.34 bits per heavy atom. The van der Waals surface area contributed by atoms with E-state index < -0.39 is 0 Å². The van der Waals surface area contributed by atoms with Crippen LogP contribution in [0.5, 0.6) is 0 Å². The van der Waals surface area contributed by atoms with E-state index in [0.717, 1.165) is 24.2 Å². The smallest absolute Gasteiger partial charge is 0.0465 e. The standard InChI is InChI=1S/C67H71N/c1-67(2)65-25-15-14-24-63(65)64-39-38-58(45-66(64)67)68(56-34-30-51(31-35-56)50-28-26-49(27-29-50)46-16-6-3-7-17-46)57-36-32-52(33-37-57)59-40-41-60(62-23-13-12-22-61(59)62)55-43-53(47-18-8-4-9-19-47)42-54(44-55)48-20-10-5-11-21-48/h14-15,24-48H,3-13,16-23H2,1-2H3. The van der Waals surface area contributed by atoms with Crippen molar-refractivity contribution in [2.75, 3.05) is 4.90 Å². The van der Waals surface area contributed by atoms with Crippen molar-refractivity contribution in [3.8, 4) is 44.5 Å². The van der Waals surface area contributed by atoms with Gasteiger partial charge in [-0.15, -0.1) is 0 Å². The Bertz CT molecular complexity index is 2860. The summed E-state index contributed by atoms with van der Waals surface area (Å²) in [5.41, 5.74) is 25.3. The summed E-state index contributed by atoms with van der Waals surface area (Å²) >= 11 is 0. The lowest BCUT2D eigenvalue weighted by molar-refractivity contribution is 0.435. The minimum atomic E-state index is -0.0784. The van der Waals surface area contributed by atoms with Gasteiger partial charge in [0.25, 0.3) is 0 Å². The maximum atomic E-state index is 2.66. The molecule has 3 fully saturated rings. The lowest BCUT2D eigenvalue weighted by atomic mass is 9.77. The number of benzene rings is 7. The molecule has 0 saturated heterocycles. The normalized spacial score (nSPS) is 18.4. The summed E-state index contributed by atoms with van der Waals surface area (Å²) in [6.07, 6.45) is 25.5. The highest BCUT2D eigenvalue weighted by Crippen LogP contribution is 2.51. The van der Waals surface area contributed by atoms with E-state index in [1.54, 1.807) is 22.3 Å². The molecule has 0 atom stereocenters.